The molecule has 6 aromatic carbocycles. The summed E-state index contributed by atoms with van der Waals surface area (Å²) in [6.07, 6.45) is 9.70. The molecule has 328 valence electrons. The number of fused-ring (bicyclic) bond motifs is 3. The Bertz CT molecular complexity index is 2530. The first-order valence-corrected chi connectivity index (χ1v) is 22.6. The van der Waals surface area contributed by atoms with Crippen LogP contribution in [-0.2, 0) is 11.0 Å². The Hall–Kier alpha value is -5.88. The van der Waals surface area contributed by atoms with Crippen molar-refractivity contribution in [1.82, 2.24) is 0 Å². The van der Waals surface area contributed by atoms with Crippen LogP contribution in [0.2, 0.25) is 0 Å². The summed E-state index contributed by atoms with van der Waals surface area (Å²) >= 11 is 0. The molecule has 1 saturated carbocycles. The van der Waals surface area contributed by atoms with Crippen LogP contribution < -0.4 is 28.4 Å². The smallest absolute Gasteiger partial charge is 0.178 e. The number of hydrogen-bond donors (Lipinski definition) is 0. The zero-order chi connectivity index (χ0) is 44.6. The molecule has 1 fully saturated rings. The lowest BCUT2D eigenvalue weighted by atomic mass is 9.52. The van der Waals surface area contributed by atoms with Crippen LogP contribution in [0, 0.1) is 10.8 Å². The fraction of sp³-hybridized carbons (Fsp3) is 0.368. The molecule has 1 aliphatic heterocycles. The minimum atomic E-state index is -0.991. The second-order valence-corrected chi connectivity index (χ2v) is 19.4. The van der Waals surface area contributed by atoms with Gasteiger partial charge in [0.05, 0.1) is 34.5 Å². The average molecular weight is 845 g/mol. The Morgan fingerprint density at radius 3 is 1.65 bits per heavy atom. The van der Waals surface area contributed by atoms with E-state index in [4.69, 9.17) is 28.4 Å². The highest BCUT2D eigenvalue weighted by atomic mass is 16.5. The van der Waals surface area contributed by atoms with Gasteiger partial charge in [0.25, 0.3) is 0 Å². The normalized spacial score (nSPS) is 16.7. The molecule has 2 aliphatic rings. The molecule has 0 N–H and O–H groups in total. The average Bonchev–Trinajstić information content (AvgIpc) is 3.28. The Labute approximate surface area is 375 Å². The van der Waals surface area contributed by atoms with Gasteiger partial charge >= 0.3 is 0 Å². The largest absolute Gasteiger partial charge is 0.497 e. The van der Waals surface area contributed by atoms with Gasteiger partial charge < -0.3 is 28.4 Å². The molecule has 0 aromatic heterocycles. The third-order valence-corrected chi connectivity index (χ3v) is 12.9. The fourth-order valence-electron chi connectivity index (χ4n) is 11.4. The van der Waals surface area contributed by atoms with Crippen molar-refractivity contribution < 1.29 is 28.4 Å². The SMILES string of the molecule is CCCOc1ccc(C2(c3ccc(OCCC)cc3)C=Cc3c(C4(C)CC(C)(C)CC(C)(C)C4)c(-c4ccccc4)c4cc(-c5ccc(OC)cc5OC)c(OC)cc4c3O2)cc1. The van der Waals surface area contributed by atoms with E-state index < -0.39 is 5.60 Å². The van der Waals surface area contributed by atoms with E-state index in [1.165, 1.54) is 11.1 Å². The van der Waals surface area contributed by atoms with Crippen LogP contribution in [-0.4, -0.2) is 34.5 Å². The van der Waals surface area contributed by atoms with Crippen molar-refractivity contribution in [3.63, 3.8) is 0 Å². The fourth-order valence-corrected chi connectivity index (χ4v) is 11.4. The highest BCUT2D eigenvalue weighted by Gasteiger charge is 2.49. The van der Waals surface area contributed by atoms with E-state index >= 15 is 0 Å². The van der Waals surface area contributed by atoms with Crippen molar-refractivity contribution in [2.45, 2.75) is 91.6 Å². The van der Waals surface area contributed by atoms with Gasteiger partial charge in [-0.25, -0.2) is 0 Å². The standard InChI is InChI=1S/C57H64O6/c1-11-30-61-41-22-18-39(19-23-41)57(40-20-24-42(25-21-40)62-31-12-2)29-28-45-52(56(7)36-54(3,4)35-55(5,6)37-56)51(38-16-14-13-15-17-38)47-33-46(50(60-10)34-48(47)53(45)63-57)44-27-26-43(58-8)32-49(44)59-9/h13-29,32-34H,11-12,30-31,35-37H2,1-10H3. The van der Waals surface area contributed by atoms with Crippen LogP contribution in [0.4, 0.5) is 0 Å². The first-order valence-electron chi connectivity index (χ1n) is 22.6. The quantitative estimate of drug-likeness (QED) is 0.109. The van der Waals surface area contributed by atoms with E-state index in [1.807, 2.05) is 12.1 Å². The predicted molar refractivity (Wildman–Crippen MR) is 258 cm³/mol. The Morgan fingerprint density at radius 1 is 0.556 bits per heavy atom. The van der Waals surface area contributed by atoms with Crippen molar-refractivity contribution in [2.75, 3.05) is 34.5 Å². The highest BCUT2D eigenvalue weighted by molar-refractivity contribution is 6.08. The van der Waals surface area contributed by atoms with E-state index in [0.717, 1.165) is 99.3 Å². The Morgan fingerprint density at radius 2 is 1.11 bits per heavy atom. The van der Waals surface area contributed by atoms with Gasteiger partial charge in [-0.15, -0.1) is 0 Å². The summed E-state index contributed by atoms with van der Waals surface area (Å²) in [6, 6.07) is 38.2. The number of rotatable bonds is 14. The van der Waals surface area contributed by atoms with Crippen molar-refractivity contribution in [3.05, 3.63) is 138 Å². The zero-order valence-corrected chi connectivity index (χ0v) is 38.9. The number of benzene rings is 6. The third kappa shape index (κ3) is 8.37. The predicted octanol–water partition coefficient (Wildman–Crippen LogP) is 14.6. The third-order valence-electron chi connectivity index (χ3n) is 12.9. The van der Waals surface area contributed by atoms with Gasteiger partial charge in [-0.3, -0.25) is 0 Å². The van der Waals surface area contributed by atoms with Gasteiger partial charge in [-0.1, -0.05) is 109 Å². The van der Waals surface area contributed by atoms with Gasteiger partial charge in [0.15, 0.2) is 5.60 Å². The lowest BCUT2D eigenvalue weighted by Gasteiger charge is -2.52. The van der Waals surface area contributed by atoms with Crippen LogP contribution in [0.3, 0.4) is 0 Å². The molecule has 1 heterocycles. The molecule has 6 aromatic rings. The van der Waals surface area contributed by atoms with Crippen LogP contribution in [0.25, 0.3) is 39.1 Å². The molecule has 0 spiro atoms. The Balaban J connectivity index is 1.48. The summed E-state index contributed by atoms with van der Waals surface area (Å²) < 4.78 is 38.1. The van der Waals surface area contributed by atoms with Crippen molar-refractivity contribution >= 4 is 16.8 Å². The minimum absolute atomic E-state index is 0.0972. The van der Waals surface area contributed by atoms with Crippen LogP contribution >= 0.6 is 0 Å². The van der Waals surface area contributed by atoms with Crippen LogP contribution in [0.1, 0.15) is 103 Å². The topological polar surface area (TPSA) is 55.4 Å². The maximum atomic E-state index is 7.87. The molecule has 0 atom stereocenters. The molecule has 6 nitrogen and oxygen atoms in total. The summed E-state index contributed by atoms with van der Waals surface area (Å²) in [5, 5.41) is 2.06. The summed E-state index contributed by atoms with van der Waals surface area (Å²) in [4.78, 5) is 0. The van der Waals surface area contributed by atoms with Gasteiger partial charge in [-0.2, -0.15) is 0 Å². The van der Waals surface area contributed by atoms with E-state index in [9.17, 15) is 0 Å². The minimum Gasteiger partial charge on any atom is -0.497 e. The molecule has 6 heteroatoms. The summed E-state index contributed by atoms with van der Waals surface area (Å²) in [5.74, 6) is 4.63. The molecule has 0 unspecified atom stereocenters. The first-order chi connectivity index (χ1) is 30.3. The number of ether oxygens (including phenoxy) is 6. The molecular formula is C57H64O6. The molecule has 1 aliphatic carbocycles. The van der Waals surface area contributed by atoms with E-state index in [1.54, 1.807) is 21.3 Å². The Kier molecular flexibility index (Phi) is 12.1. The lowest BCUT2D eigenvalue weighted by Crippen LogP contribution is -2.43. The highest BCUT2D eigenvalue weighted by Crippen LogP contribution is 2.61. The number of methoxy groups -OCH3 is 3. The van der Waals surface area contributed by atoms with Crippen LogP contribution in [0.5, 0.6) is 34.5 Å². The van der Waals surface area contributed by atoms with Gasteiger partial charge in [0, 0.05) is 39.3 Å². The van der Waals surface area contributed by atoms with Crippen molar-refractivity contribution in [1.29, 1.82) is 0 Å². The second-order valence-electron chi connectivity index (χ2n) is 19.4. The lowest BCUT2D eigenvalue weighted by molar-refractivity contribution is 0.0528. The van der Waals surface area contributed by atoms with E-state index in [-0.39, 0.29) is 16.2 Å². The molecule has 8 rings (SSSR count). The summed E-state index contributed by atoms with van der Waals surface area (Å²) in [7, 11) is 5.12. The molecule has 0 radical (unpaired) electrons. The van der Waals surface area contributed by atoms with E-state index in [2.05, 4.69) is 158 Å². The maximum absolute atomic E-state index is 7.87. The van der Waals surface area contributed by atoms with Crippen molar-refractivity contribution in [3.8, 4) is 56.8 Å². The van der Waals surface area contributed by atoms with E-state index in [0.29, 0.717) is 24.7 Å². The first kappa shape index (κ1) is 43.8. The summed E-state index contributed by atoms with van der Waals surface area (Å²) in [5.41, 5.74) is 7.60. The zero-order valence-electron chi connectivity index (χ0n) is 38.9. The molecule has 0 bridgehead atoms. The van der Waals surface area contributed by atoms with Crippen molar-refractivity contribution in [2.24, 2.45) is 10.8 Å². The maximum Gasteiger partial charge on any atom is 0.178 e. The summed E-state index contributed by atoms with van der Waals surface area (Å²) in [6.45, 7) is 17.8. The second kappa shape index (κ2) is 17.4. The number of hydrogen-bond acceptors (Lipinski definition) is 6. The monoisotopic (exact) mass is 844 g/mol. The molecule has 63 heavy (non-hydrogen) atoms. The van der Waals surface area contributed by atoms with Crippen LogP contribution in [0.15, 0.2) is 115 Å². The van der Waals surface area contributed by atoms with Gasteiger partial charge in [-0.05, 0) is 125 Å². The van der Waals surface area contributed by atoms with Gasteiger partial charge in [0.1, 0.15) is 34.5 Å². The molecular weight excluding hydrogens is 781 g/mol. The van der Waals surface area contributed by atoms with Gasteiger partial charge in [0.2, 0.25) is 0 Å². The molecule has 0 amide bonds. The molecule has 0 saturated heterocycles.